The van der Waals surface area contributed by atoms with E-state index in [0.717, 1.165) is 4.68 Å². The van der Waals surface area contributed by atoms with Gasteiger partial charge in [-0.1, -0.05) is 5.21 Å². The fourth-order valence-corrected chi connectivity index (χ4v) is 3.38. The second-order valence-electron chi connectivity index (χ2n) is 3.29. The third-order valence-electron chi connectivity index (χ3n) is 2.01. The van der Waals surface area contributed by atoms with Crippen molar-refractivity contribution < 1.29 is 13.5 Å². The lowest BCUT2D eigenvalue weighted by Crippen LogP contribution is -2.17. The molecule has 0 bridgehead atoms. The van der Waals surface area contributed by atoms with Gasteiger partial charge in [-0.15, -0.1) is 5.10 Å². The van der Waals surface area contributed by atoms with Crippen LogP contribution in [-0.4, -0.2) is 33.5 Å². The minimum absolute atomic E-state index is 0.0768. The van der Waals surface area contributed by atoms with Crippen molar-refractivity contribution in [1.82, 2.24) is 20.0 Å². The number of pyridine rings is 1. The van der Waals surface area contributed by atoms with Crippen molar-refractivity contribution >= 4 is 31.8 Å². The van der Waals surface area contributed by atoms with Crippen LogP contribution in [0.1, 0.15) is 0 Å². The van der Waals surface area contributed by atoms with Gasteiger partial charge in [0.25, 0.3) is 10.0 Å². The number of sulfonamides is 1. The van der Waals surface area contributed by atoms with Crippen molar-refractivity contribution in [2.45, 2.75) is 5.03 Å². The highest BCUT2D eigenvalue weighted by molar-refractivity contribution is 9.10. The maximum absolute atomic E-state index is 12.1. The maximum Gasteiger partial charge on any atom is 0.283 e. The van der Waals surface area contributed by atoms with E-state index in [2.05, 4.69) is 35.9 Å². The van der Waals surface area contributed by atoms with Crippen molar-refractivity contribution in [3.05, 3.63) is 22.9 Å². The van der Waals surface area contributed by atoms with Crippen LogP contribution in [0.4, 0.5) is 5.82 Å². The molecule has 0 aliphatic heterocycles. The van der Waals surface area contributed by atoms with Gasteiger partial charge in [0, 0.05) is 13.2 Å². The number of anilines is 1. The molecule has 0 radical (unpaired) electrons. The van der Waals surface area contributed by atoms with E-state index in [1.165, 1.54) is 25.4 Å². The standard InChI is InChI=1S/C8H8BrN5O3S/c1-14-8(6(9)11-13-14)18(16,17)12-7-5(15)3-2-4-10-7/h2-4,15H,1H3,(H,10,12). The van der Waals surface area contributed by atoms with Crippen LogP contribution >= 0.6 is 15.9 Å². The van der Waals surface area contributed by atoms with Crippen LogP contribution in [0.3, 0.4) is 0 Å². The highest BCUT2D eigenvalue weighted by atomic mass is 79.9. The molecule has 96 valence electrons. The number of nitrogens with one attached hydrogen (secondary N) is 1. The van der Waals surface area contributed by atoms with Crippen LogP contribution in [0.15, 0.2) is 28.0 Å². The summed E-state index contributed by atoms with van der Waals surface area (Å²) >= 11 is 2.99. The van der Waals surface area contributed by atoms with Crippen molar-refractivity contribution in [3.63, 3.8) is 0 Å². The Labute approximate surface area is 111 Å². The summed E-state index contributed by atoms with van der Waals surface area (Å²) in [7, 11) is -2.50. The summed E-state index contributed by atoms with van der Waals surface area (Å²) < 4.78 is 27.4. The van der Waals surface area contributed by atoms with Gasteiger partial charge in [0.15, 0.2) is 16.2 Å². The van der Waals surface area contributed by atoms with E-state index in [1.807, 2.05) is 0 Å². The predicted octanol–water partition coefficient (Wildman–Crippen LogP) is 0.479. The Morgan fingerprint density at radius 2 is 2.22 bits per heavy atom. The lowest BCUT2D eigenvalue weighted by atomic mass is 10.4. The van der Waals surface area contributed by atoms with Crippen molar-refractivity contribution in [2.24, 2.45) is 7.05 Å². The van der Waals surface area contributed by atoms with Crippen LogP contribution in [0.5, 0.6) is 5.75 Å². The smallest absolute Gasteiger partial charge is 0.283 e. The second kappa shape index (κ2) is 4.53. The van der Waals surface area contributed by atoms with E-state index in [9.17, 15) is 13.5 Å². The van der Waals surface area contributed by atoms with Gasteiger partial charge in [0.05, 0.1) is 0 Å². The molecule has 2 N–H and O–H groups in total. The first-order chi connectivity index (χ1) is 8.42. The van der Waals surface area contributed by atoms with Crippen molar-refractivity contribution in [1.29, 1.82) is 0 Å². The van der Waals surface area contributed by atoms with E-state index >= 15 is 0 Å². The fourth-order valence-electron chi connectivity index (χ4n) is 1.26. The molecule has 2 aromatic heterocycles. The van der Waals surface area contributed by atoms with E-state index in [4.69, 9.17) is 0 Å². The number of aromatic nitrogens is 4. The zero-order valence-corrected chi connectivity index (χ0v) is 11.5. The average molecular weight is 334 g/mol. The molecule has 2 heterocycles. The summed E-state index contributed by atoms with van der Waals surface area (Å²) in [6.07, 6.45) is 1.36. The molecule has 2 aromatic rings. The Hall–Kier alpha value is -1.68. The van der Waals surface area contributed by atoms with Crippen molar-refractivity contribution in [3.8, 4) is 5.75 Å². The molecule has 0 amide bonds. The first-order valence-electron chi connectivity index (χ1n) is 4.64. The van der Waals surface area contributed by atoms with Crippen LogP contribution < -0.4 is 4.72 Å². The van der Waals surface area contributed by atoms with E-state index in [0.29, 0.717) is 0 Å². The first-order valence-corrected chi connectivity index (χ1v) is 6.91. The van der Waals surface area contributed by atoms with E-state index in [1.54, 1.807) is 0 Å². The molecule has 0 aromatic carbocycles. The Bertz CT molecular complexity index is 664. The van der Waals surface area contributed by atoms with Gasteiger partial charge in [0.1, 0.15) is 0 Å². The fraction of sp³-hybridized carbons (Fsp3) is 0.125. The molecule has 0 unspecified atom stereocenters. The second-order valence-corrected chi connectivity index (χ2v) is 5.63. The Morgan fingerprint density at radius 1 is 1.50 bits per heavy atom. The van der Waals surface area contributed by atoms with Crippen molar-refractivity contribution in [2.75, 3.05) is 4.72 Å². The van der Waals surface area contributed by atoms with E-state index in [-0.39, 0.29) is 21.2 Å². The van der Waals surface area contributed by atoms with Gasteiger partial charge in [-0.3, -0.25) is 4.72 Å². The monoisotopic (exact) mass is 333 g/mol. The van der Waals surface area contributed by atoms with Crippen LogP contribution in [-0.2, 0) is 17.1 Å². The highest BCUT2D eigenvalue weighted by Gasteiger charge is 2.25. The molecular weight excluding hydrogens is 326 g/mol. The molecule has 0 atom stereocenters. The number of nitrogens with zero attached hydrogens (tertiary/aromatic N) is 4. The Kier molecular flexibility index (Phi) is 3.22. The number of aromatic hydroxyl groups is 1. The summed E-state index contributed by atoms with van der Waals surface area (Å²) in [5.74, 6) is -0.432. The van der Waals surface area contributed by atoms with Gasteiger partial charge in [-0.25, -0.2) is 9.67 Å². The molecule has 0 saturated carbocycles. The molecule has 0 fully saturated rings. The normalized spacial score (nSPS) is 11.4. The average Bonchev–Trinajstić information content (AvgIpc) is 2.62. The van der Waals surface area contributed by atoms with Gasteiger partial charge >= 0.3 is 0 Å². The first kappa shape index (κ1) is 12.8. The highest BCUT2D eigenvalue weighted by Crippen LogP contribution is 2.24. The molecule has 0 aliphatic rings. The zero-order chi connectivity index (χ0) is 13.3. The number of hydrogen-bond donors (Lipinski definition) is 2. The summed E-state index contributed by atoms with van der Waals surface area (Å²) in [5, 5.41) is 16.4. The third-order valence-corrected chi connectivity index (χ3v) is 4.23. The lowest BCUT2D eigenvalue weighted by molar-refractivity contribution is 0.475. The van der Waals surface area contributed by atoms with Gasteiger partial charge in [-0.05, 0) is 28.1 Å². The number of rotatable bonds is 3. The predicted molar refractivity (Wildman–Crippen MR) is 65.4 cm³/mol. The molecule has 0 saturated heterocycles. The van der Waals surface area contributed by atoms with Gasteiger partial charge < -0.3 is 5.11 Å². The van der Waals surface area contributed by atoms with Crippen LogP contribution in [0.25, 0.3) is 0 Å². The van der Waals surface area contributed by atoms with Gasteiger partial charge in [-0.2, -0.15) is 8.42 Å². The number of halogens is 1. The summed E-state index contributed by atoms with van der Waals surface area (Å²) in [6, 6.07) is 2.80. The largest absolute Gasteiger partial charge is 0.504 e. The number of aryl methyl sites for hydroxylation is 1. The Morgan fingerprint density at radius 3 is 2.78 bits per heavy atom. The number of hydrogen-bond acceptors (Lipinski definition) is 6. The molecular formula is C8H8BrN5O3S. The minimum atomic E-state index is -3.94. The molecule has 0 aliphatic carbocycles. The van der Waals surface area contributed by atoms with E-state index < -0.39 is 10.0 Å². The summed E-state index contributed by atoms with van der Waals surface area (Å²) in [4.78, 5) is 3.73. The van der Waals surface area contributed by atoms with Crippen LogP contribution in [0, 0.1) is 0 Å². The molecule has 2 rings (SSSR count). The maximum atomic E-state index is 12.1. The zero-order valence-electron chi connectivity index (χ0n) is 9.07. The third kappa shape index (κ3) is 2.29. The molecule has 10 heteroatoms. The van der Waals surface area contributed by atoms with Crippen LogP contribution in [0.2, 0.25) is 0 Å². The molecule has 0 spiro atoms. The minimum Gasteiger partial charge on any atom is -0.504 e. The quantitative estimate of drug-likeness (QED) is 0.845. The lowest BCUT2D eigenvalue weighted by Gasteiger charge is -2.08. The SMILES string of the molecule is Cn1nnc(Br)c1S(=O)(=O)Nc1ncccc1O. The summed E-state index contributed by atoms with van der Waals surface area (Å²) in [6.45, 7) is 0. The topological polar surface area (TPSA) is 110 Å². The summed E-state index contributed by atoms with van der Waals surface area (Å²) in [5.41, 5.74) is 0. The Balaban J connectivity index is 2.43. The molecule has 8 nitrogen and oxygen atoms in total. The van der Waals surface area contributed by atoms with Gasteiger partial charge in [0.2, 0.25) is 5.03 Å². The molecule has 18 heavy (non-hydrogen) atoms.